The van der Waals surface area contributed by atoms with E-state index in [1.807, 2.05) is 6.07 Å². The van der Waals surface area contributed by atoms with Crippen molar-refractivity contribution in [2.24, 2.45) is 0 Å². The number of hydrogen-bond acceptors (Lipinski definition) is 2. The fraction of sp³-hybridized carbons (Fsp3) is 0.800. The first-order valence-electron chi connectivity index (χ1n) is 14.1. The Bertz CT molecular complexity index is 678. The van der Waals surface area contributed by atoms with Gasteiger partial charge in [-0.05, 0) is 57.6 Å². The van der Waals surface area contributed by atoms with Crippen LogP contribution in [0.25, 0.3) is 0 Å². The fourth-order valence-corrected chi connectivity index (χ4v) is 9.82. The smallest absolute Gasteiger partial charge is 0.259 e. The van der Waals surface area contributed by atoms with Gasteiger partial charge < -0.3 is 4.52 Å². The van der Waals surface area contributed by atoms with Crippen molar-refractivity contribution in [2.75, 3.05) is 0 Å². The second-order valence-electron chi connectivity index (χ2n) is 10.7. The van der Waals surface area contributed by atoms with Crippen LogP contribution in [-0.4, -0.2) is 10.3 Å². The molecule has 0 aromatic heterocycles. The van der Waals surface area contributed by atoms with Crippen LogP contribution in [0.5, 0.6) is 5.75 Å². The van der Waals surface area contributed by atoms with Gasteiger partial charge in [0, 0.05) is 0 Å². The van der Waals surface area contributed by atoms with Crippen LogP contribution in [0.1, 0.15) is 144 Å². The van der Waals surface area contributed by atoms with Crippen molar-refractivity contribution in [3.8, 4) is 5.75 Å². The predicted octanol–water partition coefficient (Wildman–Crippen LogP) is 11.0. The quantitative estimate of drug-likeness (QED) is 0.146. The summed E-state index contributed by atoms with van der Waals surface area (Å²) in [6.07, 6.45) is 16.7. The van der Waals surface area contributed by atoms with Crippen LogP contribution in [0.3, 0.4) is 0 Å². The lowest BCUT2D eigenvalue weighted by Gasteiger charge is -2.48. The first kappa shape index (κ1) is 30.3. The maximum atomic E-state index is 15.6. The Morgan fingerprint density at radius 1 is 0.667 bits per heavy atom. The zero-order valence-electron chi connectivity index (χ0n) is 23.2. The molecular weight excluding hydrogens is 423 g/mol. The lowest BCUT2D eigenvalue weighted by molar-refractivity contribution is 0.340. The van der Waals surface area contributed by atoms with Gasteiger partial charge in [0.05, 0.1) is 10.3 Å². The molecule has 0 heterocycles. The van der Waals surface area contributed by atoms with Gasteiger partial charge in [0.2, 0.25) is 0 Å². The third-order valence-corrected chi connectivity index (χ3v) is 11.9. The predicted molar refractivity (Wildman–Crippen MR) is 148 cm³/mol. The summed E-state index contributed by atoms with van der Waals surface area (Å²) in [7, 11) is -3.06. The van der Waals surface area contributed by atoms with Gasteiger partial charge in [-0.2, -0.15) is 0 Å². The number of unbranched alkanes of at least 4 members (excludes halogenated alkanes) is 6. The topological polar surface area (TPSA) is 26.3 Å². The molecule has 0 amide bonds. The number of aryl methyl sites for hydroxylation is 1. The van der Waals surface area contributed by atoms with Crippen LogP contribution in [0.4, 0.5) is 0 Å². The third-order valence-electron chi connectivity index (χ3n) is 7.72. The van der Waals surface area contributed by atoms with Crippen LogP contribution in [0, 0.1) is 0 Å². The van der Waals surface area contributed by atoms with Gasteiger partial charge in [0.1, 0.15) is 5.75 Å². The number of hydrogen-bond donors (Lipinski definition) is 0. The zero-order chi connectivity index (χ0) is 24.8. The molecule has 3 heteroatoms. The third kappa shape index (κ3) is 8.16. The monoisotopic (exact) mass is 478 g/mol. The summed E-state index contributed by atoms with van der Waals surface area (Å²) < 4.78 is 22.5. The van der Waals surface area contributed by atoms with E-state index >= 15 is 4.57 Å². The molecule has 1 aromatic carbocycles. The van der Waals surface area contributed by atoms with Crippen molar-refractivity contribution < 1.29 is 9.09 Å². The van der Waals surface area contributed by atoms with Crippen molar-refractivity contribution in [3.05, 3.63) is 29.8 Å². The Morgan fingerprint density at radius 3 is 1.61 bits per heavy atom. The van der Waals surface area contributed by atoms with Gasteiger partial charge in [-0.25, -0.2) is 0 Å². The van der Waals surface area contributed by atoms with Crippen molar-refractivity contribution in [3.63, 3.8) is 0 Å². The van der Waals surface area contributed by atoms with Crippen LogP contribution in [-0.2, 0) is 11.0 Å². The van der Waals surface area contributed by atoms with Gasteiger partial charge in [-0.3, -0.25) is 4.57 Å². The fourth-order valence-electron chi connectivity index (χ4n) is 5.68. The molecule has 0 N–H and O–H groups in total. The minimum Gasteiger partial charge on any atom is -0.442 e. The maximum Gasteiger partial charge on any atom is 0.259 e. The van der Waals surface area contributed by atoms with E-state index in [2.05, 4.69) is 66.7 Å². The van der Waals surface area contributed by atoms with Crippen LogP contribution in [0.15, 0.2) is 24.3 Å². The molecule has 192 valence electrons. The first-order chi connectivity index (χ1) is 15.8. The SMILES string of the molecule is CCCCCCC(C)(CCCCCC)P(=O)(Oc1ccccc1CC)C(C)(CCC)CCC. The lowest BCUT2D eigenvalue weighted by Crippen LogP contribution is -2.40. The molecule has 0 bridgehead atoms. The van der Waals surface area contributed by atoms with E-state index in [4.69, 9.17) is 4.52 Å². The molecule has 2 nitrogen and oxygen atoms in total. The summed E-state index contributed by atoms with van der Waals surface area (Å²) in [5.74, 6) is 0.857. The molecule has 0 saturated heterocycles. The largest absolute Gasteiger partial charge is 0.442 e. The van der Waals surface area contributed by atoms with E-state index in [1.165, 1.54) is 44.1 Å². The van der Waals surface area contributed by atoms with Crippen LogP contribution < -0.4 is 4.52 Å². The highest BCUT2D eigenvalue weighted by Crippen LogP contribution is 2.72. The van der Waals surface area contributed by atoms with E-state index in [9.17, 15) is 0 Å². The standard InChI is InChI=1S/C30H55O2P/c1-8-13-15-19-25-30(7,26-20-16-14-9-2)33(31,29(6,23-10-3)24-11-4)32-28-22-18-17-21-27(28)12-5/h17-18,21-22H,8-16,19-20,23-26H2,1-7H3. The zero-order valence-corrected chi connectivity index (χ0v) is 24.1. The average molecular weight is 479 g/mol. The molecule has 0 aliphatic heterocycles. The van der Waals surface area contributed by atoms with E-state index in [0.29, 0.717) is 0 Å². The Labute approximate surface area is 207 Å². The molecular formula is C30H55O2P. The molecule has 0 spiro atoms. The molecule has 1 aromatic rings. The second kappa shape index (κ2) is 15.3. The molecule has 0 saturated carbocycles. The minimum absolute atomic E-state index is 0.283. The van der Waals surface area contributed by atoms with Crippen LogP contribution >= 0.6 is 7.37 Å². The summed E-state index contributed by atoms with van der Waals surface area (Å²) in [5, 5.41) is -0.573. The molecule has 0 fully saturated rings. The van der Waals surface area contributed by atoms with Crippen molar-refractivity contribution in [1.29, 1.82) is 0 Å². The molecule has 33 heavy (non-hydrogen) atoms. The Kier molecular flexibility index (Phi) is 14.0. The molecule has 1 atom stereocenters. The van der Waals surface area contributed by atoms with E-state index in [1.54, 1.807) is 0 Å². The molecule has 0 aliphatic rings. The van der Waals surface area contributed by atoms with E-state index in [0.717, 1.165) is 63.5 Å². The van der Waals surface area contributed by atoms with Crippen molar-refractivity contribution in [2.45, 2.75) is 155 Å². The lowest BCUT2D eigenvalue weighted by atomic mass is 9.95. The summed E-state index contributed by atoms with van der Waals surface area (Å²) >= 11 is 0. The summed E-state index contributed by atoms with van der Waals surface area (Å²) in [6.45, 7) is 15.8. The van der Waals surface area contributed by atoms with Crippen molar-refractivity contribution in [1.82, 2.24) is 0 Å². The number of rotatable bonds is 19. The van der Waals surface area contributed by atoms with Crippen LogP contribution in [0.2, 0.25) is 0 Å². The molecule has 0 aliphatic carbocycles. The number of para-hydroxylation sites is 1. The van der Waals surface area contributed by atoms with Gasteiger partial charge in [0.15, 0.2) is 0 Å². The van der Waals surface area contributed by atoms with E-state index in [-0.39, 0.29) is 10.3 Å². The van der Waals surface area contributed by atoms with Gasteiger partial charge in [-0.15, -0.1) is 0 Å². The molecule has 1 unspecified atom stereocenters. The minimum atomic E-state index is -3.06. The highest BCUT2D eigenvalue weighted by atomic mass is 31.2. The second-order valence-corrected chi connectivity index (χ2v) is 14.2. The Hall–Kier alpha value is -0.750. The summed E-state index contributed by atoms with van der Waals surface area (Å²) in [5.41, 5.74) is 1.17. The normalized spacial score (nSPS) is 14.3. The van der Waals surface area contributed by atoms with Gasteiger partial charge in [0.25, 0.3) is 7.37 Å². The summed E-state index contributed by atoms with van der Waals surface area (Å²) in [6, 6.07) is 8.30. The van der Waals surface area contributed by atoms with Gasteiger partial charge in [-0.1, -0.05) is 117 Å². The maximum absolute atomic E-state index is 15.6. The van der Waals surface area contributed by atoms with Crippen molar-refractivity contribution >= 4 is 7.37 Å². The highest BCUT2D eigenvalue weighted by Gasteiger charge is 2.56. The molecule has 0 radical (unpaired) electrons. The Balaban J connectivity index is 3.53. The summed E-state index contributed by atoms with van der Waals surface area (Å²) in [4.78, 5) is 0. The number of benzene rings is 1. The average Bonchev–Trinajstić information content (AvgIpc) is 2.80. The Morgan fingerprint density at radius 2 is 1.15 bits per heavy atom. The van der Waals surface area contributed by atoms with E-state index < -0.39 is 7.37 Å². The highest BCUT2D eigenvalue weighted by molar-refractivity contribution is 7.62. The molecule has 1 rings (SSSR count). The first-order valence-corrected chi connectivity index (χ1v) is 15.8. The van der Waals surface area contributed by atoms with Gasteiger partial charge >= 0.3 is 0 Å².